The van der Waals surface area contributed by atoms with Crippen LogP contribution in [0, 0.1) is 0 Å². The summed E-state index contributed by atoms with van der Waals surface area (Å²) in [7, 11) is 0. The number of ether oxygens (including phenoxy) is 1. The lowest BCUT2D eigenvalue weighted by Gasteiger charge is -2.04. The van der Waals surface area contributed by atoms with E-state index in [4.69, 9.17) is 20.8 Å². The Hall–Kier alpha value is -2.53. The first-order valence-electron chi connectivity index (χ1n) is 7.73. The molecule has 0 N–H and O–H groups in total. The fourth-order valence-electron chi connectivity index (χ4n) is 2.26. The van der Waals surface area contributed by atoms with Gasteiger partial charge in [-0.05, 0) is 36.2 Å². The van der Waals surface area contributed by atoms with Gasteiger partial charge in [-0.25, -0.2) is 4.79 Å². The standard InChI is InChI=1S/C18H17ClN2O3/c1-2-11-23-14-9-7-13(8-10-14)12-17-20-21(18(22)24-17)16-6-4-3-5-15(16)19/h3-10H,2,11-12H2,1H3. The van der Waals surface area contributed by atoms with Crippen molar-refractivity contribution in [2.75, 3.05) is 6.61 Å². The predicted octanol–water partition coefficient (Wildman–Crippen LogP) is 3.86. The van der Waals surface area contributed by atoms with Crippen LogP contribution < -0.4 is 10.5 Å². The molecular weight excluding hydrogens is 328 g/mol. The Morgan fingerprint density at radius 3 is 2.62 bits per heavy atom. The van der Waals surface area contributed by atoms with E-state index in [-0.39, 0.29) is 0 Å². The maximum atomic E-state index is 12.0. The molecule has 1 aromatic heterocycles. The summed E-state index contributed by atoms with van der Waals surface area (Å²) < 4.78 is 12.0. The molecule has 0 unspecified atom stereocenters. The van der Waals surface area contributed by atoms with E-state index in [0.29, 0.717) is 29.6 Å². The SMILES string of the molecule is CCCOc1ccc(Cc2nn(-c3ccccc3Cl)c(=O)o2)cc1. The maximum absolute atomic E-state index is 12.0. The van der Waals surface area contributed by atoms with Crippen LogP contribution in [0.5, 0.6) is 5.75 Å². The molecule has 3 rings (SSSR count). The van der Waals surface area contributed by atoms with Crippen molar-refractivity contribution in [3.8, 4) is 11.4 Å². The van der Waals surface area contributed by atoms with Crippen LogP contribution in [0.25, 0.3) is 5.69 Å². The van der Waals surface area contributed by atoms with Gasteiger partial charge in [-0.15, -0.1) is 5.10 Å². The van der Waals surface area contributed by atoms with Crippen molar-refractivity contribution in [2.24, 2.45) is 0 Å². The lowest BCUT2D eigenvalue weighted by atomic mass is 10.1. The Morgan fingerprint density at radius 2 is 1.92 bits per heavy atom. The Labute approximate surface area is 144 Å². The summed E-state index contributed by atoms with van der Waals surface area (Å²) in [6.07, 6.45) is 1.38. The van der Waals surface area contributed by atoms with E-state index in [2.05, 4.69) is 12.0 Å². The molecule has 1 heterocycles. The highest BCUT2D eigenvalue weighted by molar-refractivity contribution is 6.32. The number of hydrogen-bond acceptors (Lipinski definition) is 4. The van der Waals surface area contributed by atoms with Gasteiger partial charge in [0.2, 0.25) is 5.89 Å². The normalized spacial score (nSPS) is 10.8. The zero-order valence-corrected chi connectivity index (χ0v) is 14.0. The number of rotatable bonds is 6. The molecule has 3 aromatic rings. The lowest BCUT2D eigenvalue weighted by Crippen LogP contribution is -2.13. The zero-order chi connectivity index (χ0) is 16.9. The lowest BCUT2D eigenvalue weighted by molar-refractivity contribution is 0.317. The molecule has 0 saturated carbocycles. The van der Waals surface area contributed by atoms with Crippen molar-refractivity contribution in [2.45, 2.75) is 19.8 Å². The number of halogens is 1. The van der Waals surface area contributed by atoms with E-state index in [1.54, 1.807) is 24.3 Å². The van der Waals surface area contributed by atoms with Crippen LogP contribution in [0.3, 0.4) is 0 Å². The molecule has 5 nitrogen and oxygen atoms in total. The van der Waals surface area contributed by atoms with Crippen molar-refractivity contribution in [3.63, 3.8) is 0 Å². The number of hydrogen-bond donors (Lipinski definition) is 0. The van der Waals surface area contributed by atoms with Gasteiger partial charge < -0.3 is 9.15 Å². The average molecular weight is 345 g/mol. The Bertz CT molecular complexity index is 868. The Balaban J connectivity index is 1.78. The first-order chi connectivity index (χ1) is 11.7. The summed E-state index contributed by atoms with van der Waals surface area (Å²) >= 11 is 6.10. The Kier molecular flexibility index (Phi) is 5.01. The highest BCUT2D eigenvalue weighted by atomic mass is 35.5. The average Bonchev–Trinajstić information content (AvgIpc) is 2.95. The van der Waals surface area contributed by atoms with Crippen LogP contribution in [0.15, 0.2) is 57.7 Å². The molecule has 0 atom stereocenters. The van der Waals surface area contributed by atoms with Crippen molar-refractivity contribution < 1.29 is 9.15 Å². The molecule has 0 radical (unpaired) electrons. The van der Waals surface area contributed by atoms with Gasteiger partial charge in [0.1, 0.15) is 5.75 Å². The molecule has 24 heavy (non-hydrogen) atoms. The highest BCUT2D eigenvalue weighted by Gasteiger charge is 2.12. The van der Waals surface area contributed by atoms with Crippen LogP contribution in [0.1, 0.15) is 24.8 Å². The van der Waals surface area contributed by atoms with Crippen molar-refractivity contribution >= 4 is 11.6 Å². The minimum atomic E-state index is -0.555. The molecule has 0 aliphatic carbocycles. The first-order valence-corrected chi connectivity index (χ1v) is 8.11. The fraction of sp³-hybridized carbons (Fsp3) is 0.222. The Morgan fingerprint density at radius 1 is 1.17 bits per heavy atom. The molecule has 2 aromatic carbocycles. The van der Waals surface area contributed by atoms with Crippen molar-refractivity contribution in [1.29, 1.82) is 0 Å². The third-order valence-electron chi connectivity index (χ3n) is 3.42. The molecule has 0 bridgehead atoms. The third-order valence-corrected chi connectivity index (χ3v) is 3.74. The number of nitrogens with zero attached hydrogens (tertiary/aromatic N) is 2. The molecule has 6 heteroatoms. The summed E-state index contributed by atoms with van der Waals surface area (Å²) in [5.41, 5.74) is 1.48. The van der Waals surface area contributed by atoms with Gasteiger partial charge in [0, 0.05) is 0 Å². The number of aromatic nitrogens is 2. The predicted molar refractivity (Wildman–Crippen MR) is 92.1 cm³/mol. The maximum Gasteiger partial charge on any atom is 0.442 e. The smallest absolute Gasteiger partial charge is 0.442 e. The molecule has 124 valence electrons. The summed E-state index contributed by atoms with van der Waals surface area (Å²) in [4.78, 5) is 12.0. The van der Waals surface area contributed by atoms with E-state index in [1.165, 1.54) is 4.68 Å². The quantitative estimate of drug-likeness (QED) is 0.681. The number of para-hydroxylation sites is 1. The second-order valence-corrected chi connectivity index (χ2v) is 5.70. The van der Waals surface area contributed by atoms with E-state index in [0.717, 1.165) is 17.7 Å². The van der Waals surface area contributed by atoms with Gasteiger partial charge >= 0.3 is 5.76 Å². The van der Waals surface area contributed by atoms with E-state index >= 15 is 0 Å². The van der Waals surface area contributed by atoms with E-state index in [9.17, 15) is 4.79 Å². The summed E-state index contributed by atoms with van der Waals surface area (Å²) in [5, 5.41) is 4.67. The van der Waals surface area contributed by atoms with Crippen LogP contribution in [-0.2, 0) is 6.42 Å². The second kappa shape index (κ2) is 7.36. The molecule has 0 aliphatic heterocycles. The molecule has 0 fully saturated rings. The van der Waals surface area contributed by atoms with Crippen LogP contribution in [-0.4, -0.2) is 16.4 Å². The fourth-order valence-corrected chi connectivity index (χ4v) is 2.48. The van der Waals surface area contributed by atoms with Gasteiger partial charge in [0.15, 0.2) is 0 Å². The number of benzene rings is 2. The van der Waals surface area contributed by atoms with E-state index < -0.39 is 5.76 Å². The van der Waals surface area contributed by atoms with Gasteiger partial charge in [-0.3, -0.25) is 0 Å². The summed E-state index contributed by atoms with van der Waals surface area (Å²) in [6.45, 7) is 2.75. The van der Waals surface area contributed by atoms with Gasteiger partial charge in [0.05, 0.1) is 23.7 Å². The first kappa shape index (κ1) is 16.3. The highest BCUT2D eigenvalue weighted by Crippen LogP contribution is 2.18. The minimum Gasteiger partial charge on any atom is -0.494 e. The van der Waals surface area contributed by atoms with E-state index in [1.807, 2.05) is 24.3 Å². The van der Waals surface area contributed by atoms with Crippen LogP contribution >= 0.6 is 11.6 Å². The molecular formula is C18H17ClN2O3. The van der Waals surface area contributed by atoms with Crippen LogP contribution in [0.2, 0.25) is 5.02 Å². The van der Waals surface area contributed by atoms with Gasteiger partial charge in [0.25, 0.3) is 0 Å². The van der Waals surface area contributed by atoms with Crippen molar-refractivity contribution in [1.82, 2.24) is 9.78 Å². The van der Waals surface area contributed by atoms with Crippen LogP contribution in [0.4, 0.5) is 0 Å². The molecule has 0 spiro atoms. The van der Waals surface area contributed by atoms with Crippen molar-refractivity contribution in [3.05, 3.63) is 75.6 Å². The molecule has 0 saturated heterocycles. The topological polar surface area (TPSA) is 57.3 Å². The molecule has 0 amide bonds. The zero-order valence-electron chi connectivity index (χ0n) is 13.2. The minimum absolute atomic E-state index is 0.335. The van der Waals surface area contributed by atoms with Gasteiger partial charge in [-0.2, -0.15) is 4.68 Å². The van der Waals surface area contributed by atoms with Gasteiger partial charge in [-0.1, -0.05) is 42.8 Å². The largest absolute Gasteiger partial charge is 0.494 e. The third kappa shape index (κ3) is 3.68. The summed E-state index contributed by atoms with van der Waals surface area (Å²) in [5.74, 6) is 0.604. The molecule has 0 aliphatic rings. The second-order valence-electron chi connectivity index (χ2n) is 5.29. The monoisotopic (exact) mass is 344 g/mol. The summed E-state index contributed by atoms with van der Waals surface area (Å²) in [6, 6.07) is 14.7.